The van der Waals surface area contributed by atoms with Crippen LogP contribution in [0.2, 0.25) is 0 Å². The number of benzene rings is 2. The SMILES string of the molecule is CC(=O)c1ccccc1Oc1nc(C)nc2ccccc12. The van der Waals surface area contributed by atoms with Gasteiger partial charge in [-0.3, -0.25) is 4.79 Å². The normalized spacial score (nSPS) is 10.6. The van der Waals surface area contributed by atoms with Crippen LogP contribution in [0.4, 0.5) is 0 Å². The van der Waals surface area contributed by atoms with Crippen LogP contribution in [0.3, 0.4) is 0 Å². The number of para-hydroxylation sites is 2. The molecule has 0 fully saturated rings. The van der Waals surface area contributed by atoms with Crippen LogP contribution in [0.5, 0.6) is 11.6 Å². The molecule has 0 aliphatic rings. The molecule has 3 rings (SSSR count). The molecule has 1 aromatic heterocycles. The Morgan fingerprint density at radius 1 is 1.00 bits per heavy atom. The summed E-state index contributed by atoms with van der Waals surface area (Å²) in [7, 11) is 0. The van der Waals surface area contributed by atoms with Crippen LogP contribution in [0, 0.1) is 6.92 Å². The van der Waals surface area contributed by atoms with Gasteiger partial charge in [0.05, 0.1) is 16.5 Å². The number of ketones is 1. The van der Waals surface area contributed by atoms with Crippen LogP contribution >= 0.6 is 0 Å². The van der Waals surface area contributed by atoms with Gasteiger partial charge in [-0.15, -0.1) is 0 Å². The predicted octanol–water partition coefficient (Wildman–Crippen LogP) is 3.93. The molecule has 0 N–H and O–H groups in total. The number of carbonyl (C=O) groups is 1. The number of aromatic nitrogens is 2. The van der Waals surface area contributed by atoms with Gasteiger partial charge in [0.1, 0.15) is 11.6 Å². The van der Waals surface area contributed by atoms with E-state index in [9.17, 15) is 4.79 Å². The number of fused-ring (bicyclic) bond motifs is 1. The van der Waals surface area contributed by atoms with E-state index in [1.54, 1.807) is 12.1 Å². The summed E-state index contributed by atoms with van der Waals surface area (Å²) in [5.41, 5.74) is 1.36. The maximum atomic E-state index is 11.7. The van der Waals surface area contributed by atoms with Crippen LogP contribution in [0.25, 0.3) is 10.9 Å². The second-order valence-electron chi connectivity index (χ2n) is 4.75. The molecule has 0 bridgehead atoms. The molecule has 1 heterocycles. The third-order valence-electron chi connectivity index (χ3n) is 3.15. The van der Waals surface area contributed by atoms with E-state index in [0.717, 1.165) is 10.9 Å². The van der Waals surface area contributed by atoms with Gasteiger partial charge < -0.3 is 4.74 Å². The Kier molecular flexibility index (Phi) is 3.36. The van der Waals surface area contributed by atoms with Crippen LogP contribution < -0.4 is 4.74 Å². The van der Waals surface area contributed by atoms with Crippen molar-refractivity contribution in [3.63, 3.8) is 0 Å². The molecular formula is C17H14N2O2. The number of Topliss-reactive ketones (excluding diaryl/α,β-unsaturated/α-hetero) is 1. The summed E-state index contributed by atoms with van der Waals surface area (Å²) in [4.78, 5) is 20.4. The maximum Gasteiger partial charge on any atom is 0.230 e. The summed E-state index contributed by atoms with van der Waals surface area (Å²) in [5.74, 6) is 1.56. The van der Waals surface area contributed by atoms with Gasteiger partial charge in [-0.05, 0) is 38.1 Å². The lowest BCUT2D eigenvalue weighted by atomic mass is 10.1. The van der Waals surface area contributed by atoms with Crippen molar-refractivity contribution in [2.45, 2.75) is 13.8 Å². The summed E-state index contributed by atoms with van der Waals surface area (Å²) in [6, 6.07) is 14.8. The first-order valence-corrected chi connectivity index (χ1v) is 6.66. The van der Waals surface area contributed by atoms with Crippen molar-refractivity contribution in [1.82, 2.24) is 9.97 Å². The Labute approximate surface area is 122 Å². The smallest absolute Gasteiger partial charge is 0.230 e. The van der Waals surface area contributed by atoms with Crippen LogP contribution in [-0.2, 0) is 0 Å². The molecule has 4 nitrogen and oxygen atoms in total. The summed E-state index contributed by atoms with van der Waals surface area (Å²) in [5, 5.41) is 0.821. The van der Waals surface area contributed by atoms with Crippen molar-refractivity contribution >= 4 is 16.7 Å². The van der Waals surface area contributed by atoms with E-state index in [2.05, 4.69) is 9.97 Å². The molecule has 0 amide bonds. The van der Waals surface area contributed by atoms with E-state index in [4.69, 9.17) is 4.74 Å². The lowest BCUT2D eigenvalue weighted by Gasteiger charge is -2.11. The fourth-order valence-electron chi connectivity index (χ4n) is 2.19. The zero-order chi connectivity index (χ0) is 14.8. The van der Waals surface area contributed by atoms with Gasteiger partial charge in [0.2, 0.25) is 5.88 Å². The highest BCUT2D eigenvalue weighted by molar-refractivity contribution is 5.97. The number of hydrogen-bond acceptors (Lipinski definition) is 4. The molecule has 0 aliphatic heterocycles. The van der Waals surface area contributed by atoms with Gasteiger partial charge in [0.15, 0.2) is 5.78 Å². The fraction of sp³-hybridized carbons (Fsp3) is 0.118. The first-order chi connectivity index (χ1) is 10.1. The minimum atomic E-state index is -0.0410. The molecule has 2 aromatic carbocycles. The monoisotopic (exact) mass is 278 g/mol. The summed E-state index contributed by atoms with van der Waals surface area (Å²) in [6.45, 7) is 3.34. The van der Waals surface area contributed by atoms with Crippen LogP contribution in [0.1, 0.15) is 23.1 Å². The van der Waals surface area contributed by atoms with Crippen molar-refractivity contribution in [2.24, 2.45) is 0 Å². The Morgan fingerprint density at radius 3 is 2.52 bits per heavy atom. The van der Waals surface area contributed by atoms with Gasteiger partial charge in [-0.1, -0.05) is 24.3 Å². The summed E-state index contributed by atoms with van der Waals surface area (Å²) in [6.07, 6.45) is 0. The largest absolute Gasteiger partial charge is 0.437 e. The highest BCUT2D eigenvalue weighted by atomic mass is 16.5. The van der Waals surface area contributed by atoms with Gasteiger partial charge in [0, 0.05) is 0 Å². The van der Waals surface area contributed by atoms with E-state index < -0.39 is 0 Å². The lowest BCUT2D eigenvalue weighted by Crippen LogP contribution is -1.99. The van der Waals surface area contributed by atoms with E-state index in [1.165, 1.54) is 6.92 Å². The zero-order valence-corrected chi connectivity index (χ0v) is 11.8. The molecule has 104 valence electrons. The highest BCUT2D eigenvalue weighted by Crippen LogP contribution is 2.29. The summed E-state index contributed by atoms with van der Waals surface area (Å²) >= 11 is 0. The van der Waals surface area contributed by atoms with Crippen LogP contribution in [0.15, 0.2) is 48.5 Å². The van der Waals surface area contributed by atoms with Gasteiger partial charge in [0.25, 0.3) is 0 Å². The molecule has 0 spiro atoms. The topological polar surface area (TPSA) is 52.1 Å². The molecule has 4 heteroatoms. The number of rotatable bonds is 3. The van der Waals surface area contributed by atoms with E-state index in [0.29, 0.717) is 23.0 Å². The fourth-order valence-corrected chi connectivity index (χ4v) is 2.19. The standard InChI is InChI=1S/C17H14N2O2/c1-11(20)13-7-4-6-10-16(13)21-17-14-8-3-5-9-15(14)18-12(2)19-17/h3-10H,1-2H3. The van der Waals surface area contributed by atoms with Crippen molar-refractivity contribution < 1.29 is 9.53 Å². The number of carbonyl (C=O) groups excluding carboxylic acids is 1. The molecule has 0 unspecified atom stereocenters. The predicted molar refractivity (Wildman–Crippen MR) is 80.8 cm³/mol. The highest BCUT2D eigenvalue weighted by Gasteiger charge is 2.12. The minimum Gasteiger partial charge on any atom is -0.437 e. The number of hydrogen-bond donors (Lipinski definition) is 0. The molecular weight excluding hydrogens is 264 g/mol. The van der Waals surface area contributed by atoms with Crippen LogP contribution in [-0.4, -0.2) is 15.8 Å². The third kappa shape index (κ3) is 2.60. The Hall–Kier alpha value is -2.75. The van der Waals surface area contributed by atoms with Gasteiger partial charge >= 0.3 is 0 Å². The van der Waals surface area contributed by atoms with E-state index in [1.807, 2.05) is 43.3 Å². The average molecular weight is 278 g/mol. The van der Waals surface area contributed by atoms with Crippen molar-refractivity contribution in [3.05, 3.63) is 59.9 Å². The first-order valence-electron chi connectivity index (χ1n) is 6.66. The first kappa shape index (κ1) is 13.2. The van der Waals surface area contributed by atoms with E-state index >= 15 is 0 Å². The second kappa shape index (κ2) is 5.32. The van der Waals surface area contributed by atoms with Crippen molar-refractivity contribution in [3.8, 4) is 11.6 Å². The Morgan fingerprint density at radius 2 is 1.71 bits per heavy atom. The molecule has 0 saturated heterocycles. The maximum absolute atomic E-state index is 11.7. The molecule has 0 aliphatic carbocycles. The van der Waals surface area contributed by atoms with Crippen molar-refractivity contribution in [2.75, 3.05) is 0 Å². The zero-order valence-electron chi connectivity index (χ0n) is 11.8. The molecule has 3 aromatic rings. The van der Waals surface area contributed by atoms with Gasteiger partial charge in [-0.25, -0.2) is 4.98 Å². The number of ether oxygens (including phenoxy) is 1. The Balaban J connectivity index is 2.13. The Bertz CT molecular complexity index is 828. The lowest BCUT2D eigenvalue weighted by molar-refractivity contribution is 0.101. The average Bonchev–Trinajstić information content (AvgIpc) is 2.47. The molecule has 0 saturated carbocycles. The number of aryl methyl sites for hydroxylation is 1. The summed E-state index contributed by atoms with van der Waals surface area (Å²) < 4.78 is 5.89. The van der Waals surface area contributed by atoms with E-state index in [-0.39, 0.29) is 5.78 Å². The second-order valence-corrected chi connectivity index (χ2v) is 4.75. The minimum absolute atomic E-state index is 0.0410. The molecule has 0 radical (unpaired) electrons. The third-order valence-corrected chi connectivity index (χ3v) is 3.15. The molecule has 21 heavy (non-hydrogen) atoms. The molecule has 0 atom stereocenters. The van der Waals surface area contributed by atoms with Gasteiger partial charge in [-0.2, -0.15) is 4.98 Å². The van der Waals surface area contributed by atoms with Crippen molar-refractivity contribution in [1.29, 1.82) is 0 Å². The quantitative estimate of drug-likeness (QED) is 0.681. The number of nitrogens with zero attached hydrogens (tertiary/aromatic N) is 2.